The first-order valence-electron chi connectivity index (χ1n) is 8.51. The van der Waals surface area contributed by atoms with Crippen molar-refractivity contribution in [3.63, 3.8) is 0 Å². The van der Waals surface area contributed by atoms with E-state index in [0.29, 0.717) is 16.9 Å². The fourth-order valence-corrected chi connectivity index (χ4v) is 2.30. The van der Waals surface area contributed by atoms with Crippen LogP contribution < -0.4 is 16.4 Å². The van der Waals surface area contributed by atoms with Gasteiger partial charge in [-0.25, -0.2) is 13.8 Å². The highest BCUT2D eigenvalue weighted by Gasteiger charge is 2.29. The van der Waals surface area contributed by atoms with Gasteiger partial charge in [0.2, 0.25) is 5.91 Å². The van der Waals surface area contributed by atoms with Crippen LogP contribution in [-0.2, 0) is 22.6 Å². The number of nitrogen functional groups attached to an aromatic ring is 1. The number of amides is 2. The van der Waals surface area contributed by atoms with E-state index in [9.17, 15) is 23.5 Å². The smallest absolute Gasteiger partial charge is 0.252 e. The van der Waals surface area contributed by atoms with Gasteiger partial charge in [0.15, 0.2) is 11.6 Å². The molecular formula is C19H22F2N4O3. The second kappa shape index (κ2) is 8.75. The normalized spacial score (nSPS) is 12.3. The molecule has 5 N–H and O–H groups in total. The molecule has 0 radical (unpaired) electrons. The maximum Gasteiger partial charge on any atom is 0.252 e. The van der Waals surface area contributed by atoms with Crippen molar-refractivity contribution in [1.29, 1.82) is 0 Å². The molecule has 0 saturated carbocycles. The highest BCUT2D eigenvalue weighted by Crippen LogP contribution is 2.12. The minimum Gasteiger partial charge on any atom is -0.384 e. The number of aromatic nitrogens is 1. The lowest BCUT2D eigenvalue weighted by Crippen LogP contribution is -2.53. The third kappa shape index (κ3) is 5.98. The highest BCUT2D eigenvalue weighted by molar-refractivity contribution is 5.91. The first-order valence-corrected chi connectivity index (χ1v) is 8.51. The largest absolute Gasteiger partial charge is 0.384 e. The van der Waals surface area contributed by atoms with Crippen LogP contribution in [0.1, 0.15) is 25.0 Å². The molecule has 2 aromatic rings. The number of nitrogens with zero attached hydrogens (tertiary/aromatic N) is 1. The van der Waals surface area contributed by atoms with Crippen molar-refractivity contribution < 1.29 is 23.5 Å². The van der Waals surface area contributed by atoms with Crippen molar-refractivity contribution in [3.8, 4) is 0 Å². The summed E-state index contributed by atoms with van der Waals surface area (Å²) in [6.45, 7) is 2.67. The first-order chi connectivity index (χ1) is 13.1. The summed E-state index contributed by atoms with van der Waals surface area (Å²) in [4.78, 5) is 28.6. The summed E-state index contributed by atoms with van der Waals surface area (Å²) >= 11 is 0. The van der Waals surface area contributed by atoms with Crippen molar-refractivity contribution in [3.05, 3.63) is 59.3 Å². The lowest BCUT2D eigenvalue weighted by atomic mass is 10.0. The molecule has 0 aliphatic heterocycles. The number of carbonyl (C=O) groups is 2. The Hall–Kier alpha value is -3.07. The number of nitrogens with one attached hydrogen (secondary N) is 2. The average molecular weight is 392 g/mol. The summed E-state index contributed by atoms with van der Waals surface area (Å²) in [5.74, 6) is -3.06. The molecule has 9 heteroatoms. The predicted molar refractivity (Wildman–Crippen MR) is 98.8 cm³/mol. The SMILES string of the molecule is CC(C)(O)C(=O)N[C@@H](Cc1ccc(F)c(F)c1)C(=O)NCc1ccc(N)nc1. The Morgan fingerprint density at radius 2 is 1.86 bits per heavy atom. The van der Waals surface area contributed by atoms with Crippen LogP contribution in [0.15, 0.2) is 36.5 Å². The van der Waals surface area contributed by atoms with Crippen molar-refractivity contribution in [2.75, 3.05) is 5.73 Å². The van der Waals surface area contributed by atoms with Crippen LogP contribution in [-0.4, -0.2) is 33.5 Å². The van der Waals surface area contributed by atoms with Crippen LogP contribution in [0.5, 0.6) is 0 Å². The molecule has 0 spiro atoms. The van der Waals surface area contributed by atoms with E-state index >= 15 is 0 Å². The van der Waals surface area contributed by atoms with Gasteiger partial charge in [-0.2, -0.15) is 0 Å². The number of hydrogen-bond acceptors (Lipinski definition) is 5. The number of pyridine rings is 1. The fraction of sp³-hybridized carbons (Fsp3) is 0.316. The van der Waals surface area contributed by atoms with E-state index in [4.69, 9.17) is 5.73 Å². The molecule has 0 unspecified atom stereocenters. The Kier molecular flexibility index (Phi) is 6.63. The molecule has 2 amide bonds. The number of nitrogens with two attached hydrogens (primary N) is 1. The van der Waals surface area contributed by atoms with Gasteiger partial charge in [-0.3, -0.25) is 9.59 Å². The van der Waals surface area contributed by atoms with E-state index in [1.54, 1.807) is 12.1 Å². The molecule has 0 saturated heterocycles. The summed E-state index contributed by atoms with van der Waals surface area (Å²) in [5, 5.41) is 14.9. The molecule has 1 heterocycles. The van der Waals surface area contributed by atoms with Crippen molar-refractivity contribution in [2.24, 2.45) is 0 Å². The van der Waals surface area contributed by atoms with Crippen molar-refractivity contribution >= 4 is 17.6 Å². The second-order valence-electron chi connectivity index (χ2n) is 6.85. The van der Waals surface area contributed by atoms with Gasteiger partial charge in [-0.1, -0.05) is 12.1 Å². The Morgan fingerprint density at radius 3 is 2.43 bits per heavy atom. The topological polar surface area (TPSA) is 117 Å². The predicted octanol–water partition coefficient (Wildman–Crippen LogP) is 1.06. The Morgan fingerprint density at radius 1 is 1.18 bits per heavy atom. The van der Waals surface area contributed by atoms with E-state index in [1.807, 2.05) is 0 Å². The molecule has 0 aliphatic carbocycles. The van der Waals surface area contributed by atoms with E-state index in [1.165, 1.54) is 26.1 Å². The molecule has 1 aromatic carbocycles. The van der Waals surface area contributed by atoms with Gasteiger partial charge in [0.1, 0.15) is 17.5 Å². The van der Waals surface area contributed by atoms with Gasteiger partial charge in [0, 0.05) is 19.2 Å². The Balaban J connectivity index is 2.13. The second-order valence-corrected chi connectivity index (χ2v) is 6.85. The van der Waals surface area contributed by atoms with Gasteiger partial charge in [0.25, 0.3) is 5.91 Å². The zero-order valence-electron chi connectivity index (χ0n) is 15.5. The summed E-state index contributed by atoms with van der Waals surface area (Å²) in [7, 11) is 0. The summed E-state index contributed by atoms with van der Waals surface area (Å²) in [6.07, 6.45) is 1.40. The quantitative estimate of drug-likeness (QED) is 0.562. The van der Waals surface area contributed by atoms with E-state index < -0.39 is 35.1 Å². The third-order valence-corrected chi connectivity index (χ3v) is 3.92. The lowest BCUT2D eigenvalue weighted by Gasteiger charge is -2.23. The third-order valence-electron chi connectivity index (χ3n) is 3.92. The van der Waals surface area contributed by atoms with Crippen LogP contribution in [0.25, 0.3) is 0 Å². The van der Waals surface area contributed by atoms with Crippen LogP contribution in [0.4, 0.5) is 14.6 Å². The number of anilines is 1. The summed E-state index contributed by atoms with van der Waals surface area (Å²) < 4.78 is 26.6. The zero-order chi connectivity index (χ0) is 20.9. The molecule has 1 aromatic heterocycles. The lowest BCUT2D eigenvalue weighted by molar-refractivity contribution is -0.139. The van der Waals surface area contributed by atoms with E-state index in [-0.39, 0.29) is 13.0 Å². The molecule has 150 valence electrons. The summed E-state index contributed by atoms with van der Waals surface area (Å²) in [6, 6.07) is 5.37. The molecule has 0 bridgehead atoms. The molecule has 2 rings (SSSR count). The van der Waals surface area contributed by atoms with Crippen LogP contribution in [0.3, 0.4) is 0 Å². The molecular weight excluding hydrogens is 370 g/mol. The molecule has 0 fully saturated rings. The minimum atomic E-state index is -1.71. The average Bonchev–Trinajstić information content (AvgIpc) is 2.62. The molecule has 0 aliphatic rings. The van der Waals surface area contributed by atoms with Crippen molar-refractivity contribution in [2.45, 2.75) is 38.5 Å². The van der Waals surface area contributed by atoms with Gasteiger partial charge in [-0.05, 0) is 43.2 Å². The number of aliphatic hydroxyl groups is 1. The van der Waals surface area contributed by atoms with E-state index in [0.717, 1.165) is 12.1 Å². The molecule has 28 heavy (non-hydrogen) atoms. The maximum atomic E-state index is 13.5. The zero-order valence-corrected chi connectivity index (χ0v) is 15.5. The van der Waals surface area contributed by atoms with Gasteiger partial charge < -0.3 is 21.5 Å². The van der Waals surface area contributed by atoms with E-state index in [2.05, 4.69) is 15.6 Å². The van der Waals surface area contributed by atoms with Crippen LogP contribution >= 0.6 is 0 Å². The number of benzene rings is 1. The molecule has 7 nitrogen and oxygen atoms in total. The fourth-order valence-electron chi connectivity index (χ4n) is 2.30. The van der Waals surface area contributed by atoms with Gasteiger partial charge in [0.05, 0.1) is 0 Å². The number of halogens is 2. The summed E-state index contributed by atoms with van der Waals surface area (Å²) in [5.41, 5.74) is 4.79. The van der Waals surface area contributed by atoms with Crippen LogP contribution in [0, 0.1) is 11.6 Å². The molecule has 1 atom stereocenters. The van der Waals surface area contributed by atoms with Gasteiger partial charge in [-0.15, -0.1) is 0 Å². The van der Waals surface area contributed by atoms with Crippen LogP contribution in [0.2, 0.25) is 0 Å². The number of hydrogen-bond donors (Lipinski definition) is 4. The highest BCUT2D eigenvalue weighted by atomic mass is 19.2. The minimum absolute atomic E-state index is 0.0924. The number of carbonyl (C=O) groups excluding carboxylic acids is 2. The van der Waals surface area contributed by atoms with Crippen molar-refractivity contribution in [1.82, 2.24) is 15.6 Å². The number of rotatable bonds is 7. The Labute approximate surface area is 161 Å². The standard InChI is InChI=1S/C19H22F2N4O3/c1-19(2,28)18(27)25-15(8-11-3-5-13(20)14(21)7-11)17(26)24-10-12-4-6-16(22)23-9-12/h3-7,9,15,28H,8,10H2,1-2H3,(H2,22,23)(H,24,26)(H,25,27)/t15-/m0/s1. The monoisotopic (exact) mass is 392 g/mol. The van der Waals surface area contributed by atoms with Gasteiger partial charge >= 0.3 is 0 Å². The first kappa shape index (κ1) is 21.2. The maximum absolute atomic E-state index is 13.5. The Bertz CT molecular complexity index is 851.